The van der Waals surface area contributed by atoms with Gasteiger partial charge in [0.1, 0.15) is 6.61 Å². The first-order chi connectivity index (χ1) is 24.7. The van der Waals surface area contributed by atoms with Crippen molar-refractivity contribution in [2.24, 2.45) is 5.92 Å². The van der Waals surface area contributed by atoms with Crippen LogP contribution in [0.4, 0.5) is 4.79 Å². The fourth-order valence-corrected chi connectivity index (χ4v) is 5.87. The van der Waals surface area contributed by atoms with E-state index in [-0.39, 0.29) is 50.6 Å². The monoisotopic (exact) mass is 699 g/mol. The predicted octanol–water partition coefficient (Wildman–Crippen LogP) is 4.70. The van der Waals surface area contributed by atoms with Crippen molar-refractivity contribution >= 4 is 35.1 Å². The number of nitrogens with zero attached hydrogens (tertiary/aromatic N) is 1. The van der Waals surface area contributed by atoms with E-state index in [1.54, 1.807) is 48.5 Å². The Bertz CT molecular complexity index is 1660. The summed E-state index contributed by atoms with van der Waals surface area (Å²) in [6.07, 6.45) is -0.658. The number of amides is 2. The molecule has 4 rings (SSSR count). The number of aliphatic hydroxyl groups excluding tert-OH is 1. The number of carbonyl (C=O) groups is 5. The van der Waals surface area contributed by atoms with Gasteiger partial charge in [-0.15, -0.1) is 0 Å². The number of allylic oxidation sites excluding steroid dienone is 1. The minimum Gasteiger partial charge on any atom is -0.453 e. The molecule has 1 saturated heterocycles. The molecule has 3 aromatic rings. The van der Waals surface area contributed by atoms with Crippen molar-refractivity contribution in [1.29, 1.82) is 0 Å². The Hall–Kier alpha value is -4.97. The molecule has 1 N–H and O–H groups in total. The summed E-state index contributed by atoms with van der Waals surface area (Å²) in [6.45, 7) is 3.96. The largest absolute Gasteiger partial charge is 0.453 e. The van der Waals surface area contributed by atoms with Crippen molar-refractivity contribution < 1.29 is 48.0 Å². The number of Topliss-reactive ketones (excluding diaryl/α,β-unsaturated/α-hetero) is 1. The number of imide groups is 1. The number of esters is 1. The number of ketones is 2. The fourth-order valence-electron chi connectivity index (χ4n) is 5.87. The molecule has 1 aliphatic rings. The zero-order valence-corrected chi connectivity index (χ0v) is 29.0. The Balaban J connectivity index is 1.66. The van der Waals surface area contributed by atoms with Crippen LogP contribution in [0.1, 0.15) is 42.0 Å². The number of ether oxygens (including phenoxy) is 4. The molecular weight excluding hydrogens is 654 g/mol. The highest BCUT2D eigenvalue weighted by Crippen LogP contribution is 2.27. The molecule has 51 heavy (non-hydrogen) atoms. The standard InChI is InChI=1S/C40H45NO10/c1-28-11-9-16-32(23-28)34(36(44)17-10-19-48-21-22-49-20-18-42)26-37(45)38(51-29(2)43)35(25-31-14-7-4-8-15-31)39(46)41-33(27-50-40(41)47)24-30-12-5-3-6-13-30/h3-9,11-16,23,26,33,35,38,42H,10,17-22,24-25,27H2,1-2H3/t33-,35-,38-/m1/s1. The SMILES string of the molecule is CC(=O)O[C@@H](C(=O)C=C(C(=O)CCCOCCOCCO)c1cccc(C)c1)[C@@H](Cc1ccccc1)C(=O)N1C(=O)OC[C@H]1Cc1ccccc1. The van der Waals surface area contributed by atoms with Crippen molar-refractivity contribution in [3.8, 4) is 0 Å². The van der Waals surface area contributed by atoms with Crippen LogP contribution in [-0.4, -0.2) is 91.3 Å². The van der Waals surface area contributed by atoms with E-state index >= 15 is 0 Å². The van der Waals surface area contributed by atoms with Gasteiger partial charge in [0.15, 0.2) is 17.7 Å². The maximum Gasteiger partial charge on any atom is 0.416 e. The summed E-state index contributed by atoms with van der Waals surface area (Å²) in [5.74, 6) is -3.96. The molecule has 0 saturated carbocycles. The molecule has 0 aromatic heterocycles. The molecule has 0 radical (unpaired) electrons. The lowest BCUT2D eigenvalue weighted by atomic mass is 9.87. The van der Waals surface area contributed by atoms with Gasteiger partial charge in [-0.25, -0.2) is 9.69 Å². The molecule has 0 bridgehead atoms. The summed E-state index contributed by atoms with van der Waals surface area (Å²) in [5.41, 5.74) is 3.01. The quantitative estimate of drug-likeness (QED) is 0.100. The van der Waals surface area contributed by atoms with E-state index in [1.807, 2.05) is 43.3 Å². The molecule has 270 valence electrons. The van der Waals surface area contributed by atoms with Gasteiger partial charge in [0.2, 0.25) is 5.91 Å². The average molecular weight is 700 g/mol. The third kappa shape index (κ3) is 11.8. The van der Waals surface area contributed by atoms with E-state index < -0.39 is 41.8 Å². The summed E-state index contributed by atoms with van der Waals surface area (Å²) < 4.78 is 21.7. The molecule has 3 aromatic carbocycles. The highest BCUT2D eigenvalue weighted by atomic mass is 16.6. The number of hydrogen-bond acceptors (Lipinski definition) is 10. The summed E-state index contributed by atoms with van der Waals surface area (Å²) in [7, 11) is 0. The molecule has 3 atom stereocenters. The first-order valence-electron chi connectivity index (χ1n) is 17.0. The molecule has 11 nitrogen and oxygen atoms in total. The number of hydrogen-bond donors (Lipinski definition) is 1. The van der Waals surface area contributed by atoms with Gasteiger partial charge < -0.3 is 24.1 Å². The minimum atomic E-state index is -1.66. The van der Waals surface area contributed by atoms with Gasteiger partial charge in [0, 0.05) is 25.5 Å². The number of carbonyl (C=O) groups excluding carboxylic acids is 5. The lowest BCUT2D eigenvalue weighted by molar-refractivity contribution is -0.158. The van der Waals surface area contributed by atoms with E-state index in [4.69, 9.17) is 24.1 Å². The van der Waals surface area contributed by atoms with Crippen LogP contribution in [-0.2, 0) is 51.0 Å². The number of cyclic esters (lactones) is 1. The van der Waals surface area contributed by atoms with Crippen molar-refractivity contribution in [2.75, 3.05) is 39.6 Å². The lowest BCUT2D eigenvalue weighted by Crippen LogP contribution is -2.49. The van der Waals surface area contributed by atoms with Crippen LogP contribution >= 0.6 is 0 Å². The Kier molecular flexibility index (Phi) is 15.2. The van der Waals surface area contributed by atoms with Crippen LogP contribution in [0, 0.1) is 12.8 Å². The van der Waals surface area contributed by atoms with Crippen LogP contribution in [0.2, 0.25) is 0 Å². The Morgan fingerprint density at radius 1 is 0.902 bits per heavy atom. The number of rotatable bonds is 20. The van der Waals surface area contributed by atoms with E-state index in [2.05, 4.69) is 0 Å². The molecule has 0 unspecified atom stereocenters. The Labute approximate surface area is 298 Å². The molecule has 2 amide bonds. The zero-order valence-electron chi connectivity index (χ0n) is 29.0. The van der Waals surface area contributed by atoms with Gasteiger partial charge in [-0.05, 0) is 49.0 Å². The second kappa shape index (κ2) is 20.0. The van der Waals surface area contributed by atoms with E-state index in [1.165, 1.54) is 0 Å². The highest BCUT2D eigenvalue weighted by Gasteiger charge is 2.45. The molecule has 0 aliphatic carbocycles. The molecule has 1 aliphatic heterocycles. The fraction of sp³-hybridized carbons (Fsp3) is 0.375. The van der Waals surface area contributed by atoms with E-state index in [0.717, 1.165) is 29.0 Å². The molecular formula is C40H45NO10. The summed E-state index contributed by atoms with van der Waals surface area (Å²) in [5, 5.41) is 8.82. The first kappa shape index (κ1) is 38.8. The summed E-state index contributed by atoms with van der Waals surface area (Å²) in [6, 6.07) is 24.7. The molecule has 1 fully saturated rings. The van der Waals surface area contributed by atoms with Crippen LogP contribution in [0.5, 0.6) is 0 Å². The second-order valence-electron chi connectivity index (χ2n) is 12.3. The average Bonchev–Trinajstić information content (AvgIpc) is 3.49. The van der Waals surface area contributed by atoms with Gasteiger partial charge in [-0.3, -0.25) is 19.2 Å². The van der Waals surface area contributed by atoms with Crippen LogP contribution in [0.15, 0.2) is 91.0 Å². The predicted molar refractivity (Wildman–Crippen MR) is 188 cm³/mol. The van der Waals surface area contributed by atoms with Crippen molar-refractivity contribution in [1.82, 2.24) is 4.90 Å². The number of aryl methyl sites for hydroxylation is 1. The van der Waals surface area contributed by atoms with Crippen molar-refractivity contribution in [3.05, 3.63) is 113 Å². The normalized spacial score (nSPS) is 15.6. The van der Waals surface area contributed by atoms with Crippen LogP contribution < -0.4 is 0 Å². The van der Waals surface area contributed by atoms with Gasteiger partial charge in [0.25, 0.3) is 0 Å². The maximum atomic E-state index is 14.5. The summed E-state index contributed by atoms with van der Waals surface area (Å²) >= 11 is 0. The molecule has 0 spiro atoms. The zero-order chi connectivity index (χ0) is 36.6. The second-order valence-corrected chi connectivity index (χ2v) is 12.3. The van der Waals surface area contributed by atoms with Crippen molar-refractivity contribution in [3.63, 3.8) is 0 Å². The lowest BCUT2D eigenvalue weighted by Gasteiger charge is -2.29. The number of aliphatic hydroxyl groups is 1. The van der Waals surface area contributed by atoms with Gasteiger partial charge in [-0.1, -0.05) is 90.5 Å². The third-order valence-corrected chi connectivity index (χ3v) is 8.28. The van der Waals surface area contributed by atoms with Gasteiger partial charge in [0.05, 0.1) is 38.4 Å². The smallest absolute Gasteiger partial charge is 0.416 e. The van der Waals surface area contributed by atoms with Gasteiger partial charge >= 0.3 is 12.1 Å². The van der Waals surface area contributed by atoms with Crippen LogP contribution in [0.25, 0.3) is 5.57 Å². The first-order valence-corrected chi connectivity index (χ1v) is 17.0. The van der Waals surface area contributed by atoms with E-state index in [0.29, 0.717) is 37.2 Å². The summed E-state index contributed by atoms with van der Waals surface area (Å²) in [4.78, 5) is 69.1. The Morgan fingerprint density at radius 3 is 2.22 bits per heavy atom. The maximum absolute atomic E-state index is 14.5. The van der Waals surface area contributed by atoms with Crippen LogP contribution in [0.3, 0.4) is 0 Å². The minimum absolute atomic E-state index is 0.0327. The van der Waals surface area contributed by atoms with Gasteiger partial charge in [-0.2, -0.15) is 0 Å². The number of benzene rings is 3. The molecule has 11 heteroatoms. The van der Waals surface area contributed by atoms with E-state index in [9.17, 15) is 24.0 Å². The topological polar surface area (TPSA) is 146 Å². The Morgan fingerprint density at radius 2 is 1.57 bits per heavy atom. The molecule has 1 heterocycles. The van der Waals surface area contributed by atoms with Crippen molar-refractivity contribution in [2.45, 2.75) is 51.7 Å². The highest BCUT2D eigenvalue weighted by molar-refractivity contribution is 6.25. The third-order valence-electron chi connectivity index (χ3n) is 8.28.